The highest BCUT2D eigenvalue weighted by molar-refractivity contribution is 5.81. The maximum absolute atomic E-state index is 10.7. The molecule has 0 radical (unpaired) electrons. The second kappa shape index (κ2) is 6.58. The number of ether oxygens (including phenoxy) is 1. The van der Waals surface area contributed by atoms with Crippen LogP contribution in [-0.4, -0.2) is 35.7 Å². The summed E-state index contributed by atoms with van der Waals surface area (Å²) in [5.74, 6) is -0.525. The van der Waals surface area contributed by atoms with Crippen LogP contribution in [0.3, 0.4) is 0 Å². The van der Waals surface area contributed by atoms with Crippen molar-refractivity contribution >= 4 is 17.8 Å². The van der Waals surface area contributed by atoms with Crippen molar-refractivity contribution in [3.05, 3.63) is 12.7 Å². The molecular formula is C9H15N2O4+. The molecule has 6 heteroatoms. The standard InChI is InChI=1S/C9H14N2O4/c1-4-8(12)14-6-5-11(7(2)3)15-9(10)13/h4H,1,5-6H2,2-3H3,(H-,10,13)/p+1. The van der Waals surface area contributed by atoms with Crippen molar-refractivity contribution in [3.8, 4) is 0 Å². The van der Waals surface area contributed by atoms with Crippen molar-refractivity contribution in [1.29, 1.82) is 0 Å². The van der Waals surface area contributed by atoms with Crippen LogP contribution in [0.25, 0.3) is 0 Å². The lowest BCUT2D eigenvalue weighted by atomic mass is 10.5. The first-order chi connectivity index (χ1) is 6.97. The van der Waals surface area contributed by atoms with E-state index in [0.29, 0.717) is 0 Å². The Kier molecular flexibility index (Phi) is 5.77. The Bertz CT molecular complexity index is 292. The average molecular weight is 215 g/mol. The number of hydroxylamine groups is 1. The van der Waals surface area contributed by atoms with Gasteiger partial charge in [0.1, 0.15) is 0 Å². The minimum Gasteiger partial charge on any atom is -0.456 e. The van der Waals surface area contributed by atoms with Crippen molar-refractivity contribution in [1.82, 2.24) is 0 Å². The van der Waals surface area contributed by atoms with E-state index in [2.05, 4.69) is 11.4 Å². The molecule has 0 aromatic carbocycles. The van der Waals surface area contributed by atoms with Gasteiger partial charge >= 0.3 is 12.1 Å². The number of primary amides is 1. The van der Waals surface area contributed by atoms with Crippen molar-refractivity contribution < 1.29 is 23.9 Å². The topological polar surface area (TPSA) is 81.6 Å². The molecule has 0 rings (SSSR count). The number of esters is 1. The van der Waals surface area contributed by atoms with Gasteiger partial charge in [-0.3, -0.25) is 0 Å². The molecule has 0 aromatic heterocycles. The summed E-state index contributed by atoms with van der Waals surface area (Å²) in [4.78, 5) is 25.8. The molecule has 2 N–H and O–H groups in total. The van der Waals surface area contributed by atoms with E-state index < -0.39 is 12.1 Å². The Morgan fingerprint density at radius 1 is 1.47 bits per heavy atom. The van der Waals surface area contributed by atoms with E-state index in [1.807, 2.05) is 0 Å². The summed E-state index contributed by atoms with van der Waals surface area (Å²) in [5, 5.41) is 0. The molecule has 0 saturated carbocycles. The molecule has 0 aromatic rings. The normalized spacial score (nSPS) is 8.93. The summed E-state index contributed by atoms with van der Waals surface area (Å²) in [6, 6.07) is 0. The average Bonchev–Trinajstić information content (AvgIpc) is 2.15. The Hall–Kier alpha value is -1.85. The minimum atomic E-state index is -0.911. The van der Waals surface area contributed by atoms with Crippen molar-refractivity contribution in [2.24, 2.45) is 5.73 Å². The molecule has 0 atom stereocenters. The predicted octanol–water partition coefficient (Wildman–Crippen LogP) is 0.219. The molecule has 0 aliphatic rings. The van der Waals surface area contributed by atoms with Crippen LogP contribution in [-0.2, 0) is 14.4 Å². The second-order valence-corrected chi connectivity index (χ2v) is 2.83. The van der Waals surface area contributed by atoms with Gasteiger partial charge in [-0.05, 0) is 4.74 Å². The van der Waals surface area contributed by atoms with Gasteiger partial charge in [0.05, 0.1) is 0 Å². The van der Waals surface area contributed by atoms with E-state index in [1.54, 1.807) is 13.8 Å². The first kappa shape index (κ1) is 13.2. The molecule has 0 unspecified atom stereocenters. The van der Waals surface area contributed by atoms with Crippen molar-refractivity contribution in [3.63, 3.8) is 0 Å². The third-order valence-corrected chi connectivity index (χ3v) is 1.40. The summed E-state index contributed by atoms with van der Waals surface area (Å²) in [7, 11) is 0. The number of nitrogens with zero attached hydrogens (tertiary/aromatic N) is 1. The molecule has 15 heavy (non-hydrogen) atoms. The van der Waals surface area contributed by atoms with E-state index in [-0.39, 0.29) is 13.2 Å². The fraction of sp³-hybridized carbons (Fsp3) is 0.444. The zero-order valence-corrected chi connectivity index (χ0v) is 8.86. The van der Waals surface area contributed by atoms with Crippen LogP contribution in [0.5, 0.6) is 0 Å². The SMILES string of the molecule is C=CC(=O)OCC[N+](OC(N)=O)=C(C)C. The molecule has 0 bridgehead atoms. The van der Waals surface area contributed by atoms with E-state index in [1.165, 1.54) is 4.74 Å². The van der Waals surface area contributed by atoms with E-state index >= 15 is 0 Å². The van der Waals surface area contributed by atoms with Gasteiger partial charge < -0.3 is 10.5 Å². The monoisotopic (exact) mass is 215 g/mol. The second-order valence-electron chi connectivity index (χ2n) is 2.83. The Morgan fingerprint density at radius 3 is 2.47 bits per heavy atom. The van der Waals surface area contributed by atoms with Crippen LogP contribution in [0.1, 0.15) is 13.8 Å². The minimum absolute atomic E-state index is 0.0866. The Balaban J connectivity index is 4.10. The van der Waals surface area contributed by atoms with Gasteiger partial charge in [-0.1, -0.05) is 6.58 Å². The summed E-state index contributed by atoms with van der Waals surface area (Å²) in [5.41, 5.74) is 5.57. The number of nitrogens with two attached hydrogens (primary N) is 1. The predicted molar refractivity (Wildman–Crippen MR) is 53.3 cm³/mol. The van der Waals surface area contributed by atoms with Crippen LogP contribution in [0, 0.1) is 0 Å². The molecule has 0 heterocycles. The molecule has 0 aliphatic carbocycles. The lowest BCUT2D eigenvalue weighted by Gasteiger charge is -2.01. The summed E-state index contributed by atoms with van der Waals surface area (Å²) in [6.45, 7) is 7.03. The molecule has 84 valence electrons. The molecular weight excluding hydrogens is 200 g/mol. The van der Waals surface area contributed by atoms with Crippen LogP contribution in [0.4, 0.5) is 4.79 Å². The van der Waals surface area contributed by atoms with Gasteiger partial charge in [-0.15, -0.1) is 0 Å². The third kappa shape index (κ3) is 6.25. The first-order valence-electron chi connectivity index (χ1n) is 4.31. The molecule has 0 spiro atoms. The Labute approximate surface area is 87.9 Å². The van der Waals surface area contributed by atoms with Crippen LogP contribution in [0.15, 0.2) is 12.7 Å². The summed E-state index contributed by atoms with van der Waals surface area (Å²) in [6.07, 6.45) is 0.146. The van der Waals surface area contributed by atoms with Crippen LogP contribution in [0.2, 0.25) is 0 Å². The Morgan fingerprint density at radius 2 is 2.07 bits per heavy atom. The summed E-state index contributed by atoms with van der Waals surface area (Å²) < 4.78 is 5.96. The van der Waals surface area contributed by atoms with Gasteiger partial charge in [0.15, 0.2) is 12.3 Å². The van der Waals surface area contributed by atoms with E-state index in [0.717, 1.165) is 11.8 Å². The fourth-order valence-corrected chi connectivity index (χ4v) is 0.757. The van der Waals surface area contributed by atoms with Gasteiger partial charge in [0.2, 0.25) is 6.54 Å². The molecule has 6 nitrogen and oxygen atoms in total. The highest BCUT2D eigenvalue weighted by Crippen LogP contribution is 1.86. The number of hydrogen-bond acceptors (Lipinski definition) is 4. The number of rotatable bonds is 5. The lowest BCUT2D eigenvalue weighted by Crippen LogP contribution is -2.29. The quantitative estimate of drug-likeness (QED) is 0.178. The van der Waals surface area contributed by atoms with E-state index in [9.17, 15) is 9.59 Å². The van der Waals surface area contributed by atoms with Crippen LogP contribution < -0.4 is 5.73 Å². The molecule has 0 fully saturated rings. The molecule has 0 saturated heterocycles. The van der Waals surface area contributed by atoms with Gasteiger partial charge in [-0.2, -0.15) is 4.84 Å². The van der Waals surface area contributed by atoms with Gasteiger partial charge in [-0.25, -0.2) is 9.59 Å². The number of hydrogen-bond donors (Lipinski definition) is 1. The number of carbonyl (C=O) groups is 2. The largest absolute Gasteiger partial charge is 0.472 e. The smallest absolute Gasteiger partial charge is 0.456 e. The summed E-state index contributed by atoms with van der Waals surface area (Å²) >= 11 is 0. The fourth-order valence-electron chi connectivity index (χ4n) is 0.757. The van der Waals surface area contributed by atoms with Crippen LogP contribution >= 0.6 is 0 Å². The molecule has 1 amide bonds. The van der Waals surface area contributed by atoms with Gasteiger partial charge in [0.25, 0.3) is 0 Å². The lowest BCUT2D eigenvalue weighted by molar-refractivity contribution is -0.759. The van der Waals surface area contributed by atoms with E-state index in [4.69, 9.17) is 10.5 Å². The highest BCUT2D eigenvalue weighted by Gasteiger charge is 2.13. The molecule has 0 aliphatic heterocycles. The van der Waals surface area contributed by atoms with Crippen molar-refractivity contribution in [2.45, 2.75) is 13.8 Å². The first-order valence-corrected chi connectivity index (χ1v) is 4.31. The zero-order chi connectivity index (χ0) is 11.8. The van der Waals surface area contributed by atoms with Crippen molar-refractivity contribution in [2.75, 3.05) is 13.2 Å². The highest BCUT2D eigenvalue weighted by atomic mass is 16.7. The number of carbonyl (C=O) groups excluding carboxylic acids is 2. The third-order valence-electron chi connectivity index (χ3n) is 1.40. The maximum atomic E-state index is 10.7. The van der Waals surface area contributed by atoms with Gasteiger partial charge in [0, 0.05) is 19.9 Å². The number of amides is 1. The zero-order valence-electron chi connectivity index (χ0n) is 8.86. The maximum Gasteiger partial charge on any atom is 0.472 e.